The van der Waals surface area contributed by atoms with Gasteiger partial charge in [-0.15, -0.1) is 0 Å². The Morgan fingerprint density at radius 3 is 2.19 bits per heavy atom. The first-order valence-corrected chi connectivity index (χ1v) is 10.3. The van der Waals surface area contributed by atoms with Gasteiger partial charge in [0.25, 0.3) is 0 Å². The van der Waals surface area contributed by atoms with Crippen molar-refractivity contribution in [2.24, 2.45) is 5.41 Å². The first kappa shape index (κ1) is 23.9. The standard InChI is InChI=1S/C25H30N4O2/c1-10-29-21(19(15-26)16(2)28-29)22(31-23(30)25(6,7)8)20(27-9)17-11-13-18(14-12-17)24(3,4)5/h11-14H,10H2,1-8H3. The van der Waals surface area contributed by atoms with Gasteiger partial charge in [-0.3, -0.25) is 9.48 Å². The summed E-state index contributed by atoms with van der Waals surface area (Å²) in [6, 6.07) is 9.80. The number of nitrogens with zero attached hydrogens (tertiary/aromatic N) is 4. The lowest BCUT2D eigenvalue weighted by Crippen LogP contribution is -2.23. The highest BCUT2D eigenvalue weighted by atomic mass is 16.5. The molecule has 31 heavy (non-hydrogen) atoms. The second-order valence-electron chi connectivity index (χ2n) is 9.49. The van der Waals surface area contributed by atoms with Crippen molar-refractivity contribution in [2.45, 2.75) is 67.3 Å². The van der Waals surface area contributed by atoms with E-state index in [-0.39, 0.29) is 16.9 Å². The molecular weight excluding hydrogens is 388 g/mol. The summed E-state index contributed by atoms with van der Waals surface area (Å²) in [7, 11) is 0. The number of hydrogen-bond donors (Lipinski definition) is 0. The van der Waals surface area contributed by atoms with Crippen LogP contribution in [0, 0.1) is 30.2 Å². The summed E-state index contributed by atoms with van der Waals surface area (Å²) in [5.41, 5.74) is 2.27. The summed E-state index contributed by atoms with van der Waals surface area (Å²) in [6.07, 6.45) is 0. The molecule has 1 heterocycles. The van der Waals surface area contributed by atoms with Crippen LogP contribution in [-0.4, -0.2) is 15.7 Å². The predicted molar refractivity (Wildman–Crippen MR) is 121 cm³/mol. The van der Waals surface area contributed by atoms with Crippen molar-refractivity contribution in [3.8, 4) is 6.07 Å². The highest BCUT2D eigenvalue weighted by Crippen LogP contribution is 2.34. The van der Waals surface area contributed by atoms with Crippen molar-refractivity contribution in [1.82, 2.24) is 9.78 Å². The van der Waals surface area contributed by atoms with E-state index in [4.69, 9.17) is 11.3 Å². The summed E-state index contributed by atoms with van der Waals surface area (Å²) < 4.78 is 7.42. The van der Waals surface area contributed by atoms with Gasteiger partial charge in [0.1, 0.15) is 17.3 Å². The molecule has 0 bridgehead atoms. The van der Waals surface area contributed by atoms with Crippen LogP contribution in [0.4, 0.5) is 0 Å². The van der Waals surface area contributed by atoms with Crippen LogP contribution in [0.1, 0.15) is 76.5 Å². The molecule has 0 spiro atoms. The molecule has 0 N–H and O–H groups in total. The largest absolute Gasteiger partial charge is 0.436 e. The van der Waals surface area contributed by atoms with Gasteiger partial charge in [-0.05, 0) is 51.2 Å². The van der Waals surface area contributed by atoms with Crippen molar-refractivity contribution in [1.29, 1.82) is 5.26 Å². The zero-order valence-electron chi connectivity index (χ0n) is 19.6. The van der Waals surface area contributed by atoms with E-state index in [0.29, 0.717) is 29.1 Å². The quantitative estimate of drug-likeness (QED) is 0.362. The molecule has 0 aliphatic carbocycles. The Balaban J connectivity index is 2.83. The number of carbonyl (C=O) groups is 1. The molecule has 0 saturated heterocycles. The summed E-state index contributed by atoms with van der Waals surface area (Å²) in [4.78, 5) is 16.5. The number of rotatable bonds is 4. The van der Waals surface area contributed by atoms with Crippen molar-refractivity contribution >= 4 is 17.4 Å². The Hall–Kier alpha value is -3.38. The van der Waals surface area contributed by atoms with Crippen molar-refractivity contribution in [3.05, 3.63) is 63.8 Å². The second kappa shape index (κ2) is 8.78. The van der Waals surface area contributed by atoms with Gasteiger partial charge < -0.3 is 4.74 Å². The van der Waals surface area contributed by atoms with Crippen LogP contribution >= 0.6 is 0 Å². The SMILES string of the molecule is [C-]#[N+]C(=C(OC(=O)C(C)(C)C)c1c(C#N)c(C)nn1CC)c1ccc(C(C)(C)C)cc1. The van der Waals surface area contributed by atoms with E-state index in [0.717, 1.165) is 5.56 Å². The minimum atomic E-state index is -0.784. The highest BCUT2D eigenvalue weighted by Gasteiger charge is 2.30. The van der Waals surface area contributed by atoms with E-state index in [2.05, 4.69) is 36.8 Å². The molecule has 6 heteroatoms. The maximum atomic E-state index is 12.8. The lowest BCUT2D eigenvalue weighted by molar-refractivity contribution is -0.145. The summed E-state index contributed by atoms with van der Waals surface area (Å²) in [5, 5.41) is 14.2. The Kier molecular flexibility index (Phi) is 6.76. The fourth-order valence-corrected chi connectivity index (χ4v) is 3.00. The fraction of sp³-hybridized carbons (Fsp3) is 0.440. The highest BCUT2D eigenvalue weighted by molar-refractivity contribution is 5.96. The molecule has 0 amide bonds. The van der Waals surface area contributed by atoms with Gasteiger partial charge in [0.2, 0.25) is 5.70 Å². The second-order valence-corrected chi connectivity index (χ2v) is 9.49. The van der Waals surface area contributed by atoms with Gasteiger partial charge in [-0.2, -0.15) is 10.4 Å². The minimum absolute atomic E-state index is 0.0338. The summed E-state index contributed by atoms with van der Waals surface area (Å²) in [5.74, 6) is -0.419. The first-order chi connectivity index (χ1) is 14.3. The van der Waals surface area contributed by atoms with E-state index in [1.165, 1.54) is 0 Å². The minimum Gasteiger partial charge on any atom is -0.436 e. The average molecular weight is 419 g/mol. The van der Waals surface area contributed by atoms with Gasteiger partial charge in [0.15, 0.2) is 5.76 Å². The normalized spacial score (nSPS) is 12.6. The molecule has 162 valence electrons. The molecule has 1 aromatic heterocycles. The summed E-state index contributed by atoms with van der Waals surface area (Å²) >= 11 is 0. The molecule has 2 aromatic rings. The van der Waals surface area contributed by atoms with Gasteiger partial charge in [-0.1, -0.05) is 45.0 Å². The maximum absolute atomic E-state index is 12.8. The molecule has 6 nitrogen and oxygen atoms in total. The molecular formula is C25H30N4O2. The van der Waals surface area contributed by atoms with Crippen LogP contribution < -0.4 is 0 Å². The zero-order chi connectivity index (χ0) is 23.6. The molecule has 0 aliphatic heterocycles. The number of ether oxygens (including phenoxy) is 1. The van der Waals surface area contributed by atoms with Crippen molar-refractivity contribution in [2.75, 3.05) is 0 Å². The molecule has 0 unspecified atom stereocenters. The Morgan fingerprint density at radius 1 is 1.19 bits per heavy atom. The van der Waals surface area contributed by atoms with Gasteiger partial charge >= 0.3 is 5.97 Å². The van der Waals surface area contributed by atoms with Crippen LogP contribution in [0.2, 0.25) is 0 Å². The van der Waals surface area contributed by atoms with Gasteiger partial charge in [0.05, 0.1) is 17.7 Å². The third kappa shape index (κ3) is 5.03. The number of nitriles is 1. The number of hydrogen-bond acceptors (Lipinski definition) is 4. The Bertz CT molecular complexity index is 1090. The molecule has 2 rings (SSSR count). The fourth-order valence-electron chi connectivity index (χ4n) is 3.00. The molecule has 0 saturated carbocycles. The van der Waals surface area contributed by atoms with Crippen LogP contribution in [0.5, 0.6) is 0 Å². The molecule has 0 atom stereocenters. The van der Waals surface area contributed by atoms with Crippen LogP contribution in [-0.2, 0) is 21.5 Å². The lowest BCUT2D eigenvalue weighted by atomic mass is 9.86. The Morgan fingerprint density at radius 2 is 1.77 bits per heavy atom. The summed E-state index contributed by atoms with van der Waals surface area (Å²) in [6.45, 7) is 23.5. The van der Waals surface area contributed by atoms with E-state index in [1.54, 1.807) is 32.4 Å². The van der Waals surface area contributed by atoms with Crippen LogP contribution in [0.25, 0.3) is 16.3 Å². The van der Waals surface area contributed by atoms with Gasteiger partial charge in [-0.25, -0.2) is 4.85 Å². The van der Waals surface area contributed by atoms with Crippen molar-refractivity contribution in [3.63, 3.8) is 0 Å². The predicted octanol–water partition coefficient (Wildman–Crippen LogP) is 5.71. The van der Waals surface area contributed by atoms with E-state index in [1.807, 2.05) is 31.2 Å². The average Bonchev–Trinajstić information content (AvgIpc) is 3.01. The molecule has 0 radical (unpaired) electrons. The molecule has 0 fully saturated rings. The number of esters is 1. The van der Waals surface area contributed by atoms with E-state index >= 15 is 0 Å². The third-order valence-corrected chi connectivity index (χ3v) is 4.91. The number of benzene rings is 1. The monoisotopic (exact) mass is 418 g/mol. The van der Waals surface area contributed by atoms with Gasteiger partial charge in [0, 0.05) is 6.54 Å². The molecule has 1 aromatic carbocycles. The number of aromatic nitrogens is 2. The lowest BCUT2D eigenvalue weighted by Gasteiger charge is -2.21. The number of carbonyl (C=O) groups excluding carboxylic acids is 1. The first-order valence-electron chi connectivity index (χ1n) is 10.3. The van der Waals surface area contributed by atoms with E-state index < -0.39 is 11.4 Å². The topological polar surface area (TPSA) is 72.3 Å². The van der Waals surface area contributed by atoms with Crippen LogP contribution in [0.15, 0.2) is 24.3 Å². The molecule has 0 aliphatic rings. The number of aryl methyl sites for hydroxylation is 2. The van der Waals surface area contributed by atoms with E-state index in [9.17, 15) is 10.1 Å². The van der Waals surface area contributed by atoms with Crippen molar-refractivity contribution < 1.29 is 9.53 Å². The maximum Gasteiger partial charge on any atom is 0.315 e. The van der Waals surface area contributed by atoms with Crippen LogP contribution in [0.3, 0.4) is 0 Å². The Labute approximate surface area is 185 Å². The third-order valence-electron chi connectivity index (χ3n) is 4.91. The smallest absolute Gasteiger partial charge is 0.315 e. The zero-order valence-corrected chi connectivity index (χ0v) is 19.6.